The minimum atomic E-state index is -0.203. The van der Waals surface area contributed by atoms with E-state index in [9.17, 15) is 0 Å². The van der Waals surface area contributed by atoms with Crippen molar-refractivity contribution in [2.24, 2.45) is 10.7 Å². The SMILES string of the molecule is NC1C=CC(N(CCC2=NCNN2)CCc2n[nH]c(=S)n2N)=CC1=S. The Balaban J connectivity index is 1.70. The van der Waals surface area contributed by atoms with Gasteiger partial charge >= 0.3 is 0 Å². The predicted octanol–water partition coefficient (Wildman–Crippen LogP) is -0.496. The lowest BCUT2D eigenvalue weighted by atomic mass is 10.1. The summed E-state index contributed by atoms with van der Waals surface area (Å²) in [7, 11) is 0. The van der Waals surface area contributed by atoms with Gasteiger partial charge in [0.1, 0.15) is 12.5 Å². The highest BCUT2D eigenvalue weighted by Gasteiger charge is 2.17. The molecule has 1 aliphatic heterocycles. The quantitative estimate of drug-likeness (QED) is 0.317. The molecule has 1 aliphatic carbocycles. The zero-order chi connectivity index (χ0) is 17.8. The number of amidine groups is 1. The average molecular weight is 380 g/mol. The van der Waals surface area contributed by atoms with Gasteiger partial charge in [0.05, 0.1) is 6.04 Å². The number of nitrogen functional groups attached to an aromatic ring is 1. The summed E-state index contributed by atoms with van der Waals surface area (Å²) < 4.78 is 1.80. The second-order valence-electron chi connectivity index (χ2n) is 5.72. The molecule has 0 amide bonds. The van der Waals surface area contributed by atoms with Crippen LogP contribution in [0.25, 0.3) is 0 Å². The number of nitrogens with one attached hydrogen (secondary N) is 3. The first-order valence-corrected chi connectivity index (χ1v) is 8.74. The lowest BCUT2D eigenvalue weighted by molar-refractivity contribution is 0.363. The van der Waals surface area contributed by atoms with E-state index in [1.165, 1.54) is 4.68 Å². The highest BCUT2D eigenvalue weighted by Crippen LogP contribution is 2.15. The molecule has 1 aromatic rings. The van der Waals surface area contributed by atoms with Crippen LogP contribution in [0.15, 0.2) is 28.9 Å². The second-order valence-corrected chi connectivity index (χ2v) is 6.58. The van der Waals surface area contributed by atoms with Crippen molar-refractivity contribution in [1.29, 1.82) is 0 Å². The number of hydrogen-bond donors (Lipinski definition) is 5. The first kappa shape index (κ1) is 17.7. The Morgan fingerprint density at radius 2 is 2.12 bits per heavy atom. The number of rotatable bonds is 7. The standard InChI is InChI=1S/C14H21N9S2/c15-10-2-1-9(7-11(10)24)22(5-3-12-17-8-18-19-12)6-4-13-20-21-14(25)23(13)16/h1-2,7,10,18H,3-6,8,15-16H2,(H,17,19)(H,21,25). The molecule has 9 nitrogen and oxygen atoms in total. The Kier molecular flexibility index (Phi) is 5.58. The number of allylic oxidation sites excluding steroid dienone is 1. The fourth-order valence-corrected chi connectivity index (χ4v) is 2.95. The summed E-state index contributed by atoms with van der Waals surface area (Å²) >= 11 is 10.4. The molecule has 0 bridgehead atoms. The Morgan fingerprint density at radius 1 is 1.32 bits per heavy atom. The van der Waals surface area contributed by atoms with E-state index < -0.39 is 0 Å². The molecule has 0 spiro atoms. The second kappa shape index (κ2) is 7.87. The van der Waals surface area contributed by atoms with E-state index in [-0.39, 0.29) is 6.04 Å². The van der Waals surface area contributed by atoms with Crippen molar-refractivity contribution in [3.05, 3.63) is 34.5 Å². The van der Waals surface area contributed by atoms with Crippen molar-refractivity contribution in [3.63, 3.8) is 0 Å². The van der Waals surface area contributed by atoms with E-state index in [0.717, 1.165) is 29.4 Å². The van der Waals surface area contributed by atoms with Gasteiger partial charge in [0.2, 0.25) is 4.77 Å². The number of hydrogen-bond acceptors (Lipinski definition) is 9. The molecule has 2 heterocycles. The summed E-state index contributed by atoms with van der Waals surface area (Å²) in [5.74, 6) is 7.52. The van der Waals surface area contributed by atoms with Gasteiger partial charge < -0.3 is 21.9 Å². The fraction of sp³-hybridized carbons (Fsp3) is 0.429. The topological polar surface area (TPSA) is 125 Å². The number of aromatic amines is 1. The van der Waals surface area contributed by atoms with E-state index in [0.29, 0.717) is 30.2 Å². The van der Waals surface area contributed by atoms with Crippen molar-refractivity contribution in [1.82, 2.24) is 30.6 Å². The van der Waals surface area contributed by atoms with Crippen LogP contribution in [-0.4, -0.2) is 56.3 Å². The van der Waals surface area contributed by atoms with Crippen LogP contribution in [-0.2, 0) is 6.42 Å². The Morgan fingerprint density at radius 3 is 2.76 bits per heavy atom. The maximum absolute atomic E-state index is 5.93. The number of hydrazine groups is 1. The lowest BCUT2D eigenvalue weighted by Crippen LogP contribution is -2.36. The minimum Gasteiger partial charge on any atom is -0.371 e. The van der Waals surface area contributed by atoms with E-state index in [2.05, 4.69) is 30.9 Å². The van der Waals surface area contributed by atoms with E-state index in [4.69, 9.17) is 36.0 Å². The highest BCUT2D eigenvalue weighted by molar-refractivity contribution is 7.80. The summed E-state index contributed by atoms with van der Waals surface area (Å²) in [4.78, 5) is 7.29. The highest BCUT2D eigenvalue weighted by atomic mass is 32.1. The van der Waals surface area contributed by atoms with Crippen LogP contribution in [0.1, 0.15) is 12.2 Å². The number of H-pyrrole nitrogens is 1. The van der Waals surface area contributed by atoms with Crippen LogP contribution < -0.4 is 22.4 Å². The number of aliphatic imine (C=N–C) groups is 1. The first-order chi connectivity index (χ1) is 12.0. The molecule has 25 heavy (non-hydrogen) atoms. The van der Waals surface area contributed by atoms with Crippen LogP contribution in [0.3, 0.4) is 0 Å². The van der Waals surface area contributed by atoms with Crippen molar-refractivity contribution in [3.8, 4) is 0 Å². The zero-order valence-corrected chi connectivity index (χ0v) is 15.2. The number of aromatic nitrogens is 3. The summed E-state index contributed by atoms with van der Waals surface area (Å²) in [5.41, 5.74) is 13.0. The van der Waals surface area contributed by atoms with Gasteiger partial charge in [-0.1, -0.05) is 18.3 Å². The third kappa shape index (κ3) is 4.31. The van der Waals surface area contributed by atoms with E-state index in [1.54, 1.807) is 0 Å². The molecular weight excluding hydrogens is 358 g/mol. The smallest absolute Gasteiger partial charge is 0.214 e. The zero-order valence-electron chi connectivity index (χ0n) is 13.6. The van der Waals surface area contributed by atoms with Gasteiger partial charge in [-0.3, -0.25) is 10.1 Å². The Labute approximate surface area is 155 Å². The van der Waals surface area contributed by atoms with Gasteiger partial charge in [-0.05, 0) is 24.4 Å². The normalized spacial score (nSPS) is 19.6. The van der Waals surface area contributed by atoms with Crippen LogP contribution >= 0.6 is 24.4 Å². The third-order valence-corrected chi connectivity index (χ3v) is 4.72. The molecule has 3 rings (SSSR count). The van der Waals surface area contributed by atoms with Gasteiger partial charge in [-0.15, -0.1) is 0 Å². The summed E-state index contributed by atoms with van der Waals surface area (Å²) in [6.07, 6.45) is 7.29. The molecule has 7 N–H and O–H groups in total. The maximum Gasteiger partial charge on any atom is 0.214 e. The summed E-state index contributed by atoms with van der Waals surface area (Å²) in [6, 6.07) is -0.203. The third-order valence-electron chi connectivity index (χ3n) is 4.04. The number of thiocarbonyl (C=S) groups is 1. The fourth-order valence-electron chi connectivity index (χ4n) is 2.60. The molecule has 1 unspecified atom stereocenters. The average Bonchev–Trinajstić information content (AvgIpc) is 3.22. The van der Waals surface area contributed by atoms with Crippen molar-refractivity contribution >= 4 is 35.1 Å². The largest absolute Gasteiger partial charge is 0.371 e. The van der Waals surface area contributed by atoms with Crippen LogP contribution in [0.5, 0.6) is 0 Å². The predicted molar refractivity (Wildman–Crippen MR) is 104 cm³/mol. The van der Waals surface area contributed by atoms with Crippen LogP contribution in [0.2, 0.25) is 0 Å². The van der Waals surface area contributed by atoms with Gasteiger partial charge in [-0.25, -0.2) is 10.1 Å². The number of nitrogens with zero attached hydrogens (tertiary/aromatic N) is 4. The minimum absolute atomic E-state index is 0.203. The first-order valence-electron chi connectivity index (χ1n) is 7.92. The van der Waals surface area contributed by atoms with Crippen molar-refractivity contribution in [2.75, 3.05) is 25.6 Å². The molecule has 11 heteroatoms. The van der Waals surface area contributed by atoms with E-state index in [1.807, 2.05) is 18.2 Å². The molecule has 0 radical (unpaired) electrons. The molecule has 2 aliphatic rings. The summed E-state index contributed by atoms with van der Waals surface area (Å²) in [6.45, 7) is 2.09. The van der Waals surface area contributed by atoms with Gasteiger partial charge in [0.25, 0.3) is 0 Å². The van der Waals surface area contributed by atoms with Gasteiger partial charge in [0, 0.05) is 36.5 Å². The van der Waals surface area contributed by atoms with Crippen molar-refractivity contribution < 1.29 is 0 Å². The Bertz CT molecular complexity index is 788. The van der Waals surface area contributed by atoms with Gasteiger partial charge in [0.15, 0.2) is 5.82 Å². The maximum atomic E-state index is 5.93. The molecule has 1 atom stereocenters. The van der Waals surface area contributed by atoms with E-state index >= 15 is 0 Å². The van der Waals surface area contributed by atoms with Gasteiger partial charge in [-0.2, -0.15) is 5.10 Å². The van der Waals surface area contributed by atoms with Crippen LogP contribution in [0.4, 0.5) is 0 Å². The molecule has 0 aromatic carbocycles. The Hall–Kier alpha value is -2.08. The number of nitrogens with two attached hydrogens (primary N) is 2. The van der Waals surface area contributed by atoms with Crippen molar-refractivity contribution in [2.45, 2.75) is 18.9 Å². The monoisotopic (exact) mass is 379 g/mol. The van der Waals surface area contributed by atoms with Crippen LogP contribution in [0, 0.1) is 4.77 Å². The summed E-state index contributed by atoms with van der Waals surface area (Å²) in [5, 5.41) is 6.86. The molecule has 0 saturated heterocycles. The molecular formula is C14H21N9S2. The molecule has 0 fully saturated rings. The molecule has 134 valence electrons. The molecule has 1 aromatic heterocycles. The lowest BCUT2D eigenvalue weighted by Gasteiger charge is -2.28. The molecule has 0 saturated carbocycles.